The van der Waals surface area contributed by atoms with Crippen LogP contribution in [0.1, 0.15) is 18.9 Å². The summed E-state index contributed by atoms with van der Waals surface area (Å²) < 4.78 is 0. The number of aliphatic carboxylic acids is 1. The van der Waals surface area contributed by atoms with Crippen LogP contribution >= 0.6 is 24.4 Å². The number of hydrogen-bond acceptors (Lipinski definition) is 7. The Hall–Kier alpha value is -2.70. The molecule has 1 aromatic carbocycles. The highest BCUT2D eigenvalue weighted by atomic mass is 32.2. The highest BCUT2D eigenvalue weighted by Crippen LogP contribution is 2.19. The molecule has 0 aliphatic carbocycles. The second kappa shape index (κ2) is 13.3. The zero-order valence-electron chi connectivity index (χ0n) is 19.0. The normalized spacial score (nSPS) is 14.6. The highest BCUT2D eigenvalue weighted by Gasteiger charge is 2.28. The van der Waals surface area contributed by atoms with Crippen LogP contribution in [-0.4, -0.2) is 75.7 Å². The van der Waals surface area contributed by atoms with Gasteiger partial charge in [-0.05, 0) is 37.0 Å². The molecule has 0 bridgehead atoms. The molecule has 10 nitrogen and oxygen atoms in total. The van der Waals surface area contributed by atoms with Gasteiger partial charge in [0, 0.05) is 29.3 Å². The smallest absolute Gasteiger partial charge is 0.326 e. The number of para-hydroxylation sites is 1. The summed E-state index contributed by atoms with van der Waals surface area (Å²) in [5, 5.41) is 18.0. The number of rotatable bonds is 13. The van der Waals surface area contributed by atoms with Gasteiger partial charge in [-0.2, -0.15) is 24.4 Å². The molecular formula is C22H31N5O5S2. The highest BCUT2D eigenvalue weighted by molar-refractivity contribution is 7.98. The van der Waals surface area contributed by atoms with Crippen LogP contribution in [0.15, 0.2) is 30.5 Å². The van der Waals surface area contributed by atoms with Crippen molar-refractivity contribution in [1.82, 2.24) is 20.9 Å². The van der Waals surface area contributed by atoms with Gasteiger partial charge in [0.05, 0.1) is 6.04 Å². The minimum absolute atomic E-state index is 0.0543. The summed E-state index contributed by atoms with van der Waals surface area (Å²) in [6, 6.07) is 3.45. The molecule has 1 heterocycles. The summed E-state index contributed by atoms with van der Waals surface area (Å²) in [5.41, 5.74) is 7.41. The van der Waals surface area contributed by atoms with Crippen LogP contribution in [0.25, 0.3) is 10.9 Å². The van der Waals surface area contributed by atoms with Crippen LogP contribution in [-0.2, 0) is 25.6 Å². The fourth-order valence-corrected chi connectivity index (χ4v) is 3.99. The van der Waals surface area contributed by atoms with Gasteiger partial charge in [0.25, 0.3) is 0 Å². The monoisotopic (exact) mass is 509 g/mol. The number of amides is 3. The standard InChI is InChI=1S/C22H31N5O5S2/c1-12(25-20(29)15(23)7-8-34-2)19(28)27-18(11-33)21(30)26-17(22(31)32)9-13-10-24-16-6-4-3-5-14(13)16/h3-6,10,12,15,17-18,24,33H,7-9,11,23H2,1-2H3,(H,25,29)(H,26,30)(H,27,28)(H,31,32). The van der Waals surface area contributed by atoms with Crippen molar-refractivity contribution in [1.29, 1.82) is 0 Å². The molecule has 0 spiro atoms. The number of aromatic amines is 1. The lowest BCUT2D eigenvalue weighted by Gasteiger charge is -2.22. The number of H-pyrrole nitrogens is 1. The Labute approximate surface area is 207 Å². The van der Waals surface area contributed by atoms with Gasteiger partial charge in [-0.3, -0.25) is 14.4 Å². The Morgan fingerprint density at radius 1 is 1.09 bits per heavy atom. The molecule has 0 saturated heterocycles. The minimum Gasteiger partial charge on any atom is -0.480 e. The molecule has 34 heavy (non-hydrogen) atoms. The van der Waals surface area contributed by atoms with E-state index >= 15 is 0 Å². The largest absolute Gasteiger partial charge is 0.480 e. The van der Waals surface area contributed by atoms with Crippen molar-refractivity contribution in [2.75, 3.05) is 17.8 Å². The Kier molecular flexibility index (Phi) is 10.7. The molecule has 2 aromatic rings. The quantitative estimate of drug-likeness (QED) is 0.190. The van der Waals surface area contributed by atoms with Crippen LogP contribution in [0.2, 0.25) is 0 Å². The predicted octanol–water partition coefficient (Wildman–Crippen LogP) is 0.280. The Morgan fingerprint density at radius 2 is 1.76 bits per heavy atom. The third-order valence-corrected chi connectivity index (χ3v) is 6.26. The molecule has 0 saturated carbocycles. The summed E-state index contributed by atoms with van der Waals surface area (Å²) in [4.78, 5) is 52.2. The number of thiol groups is 1. The number of benzene rings is 1. The van der Waals surface area contributed by atoms with Crippen LogP contribution in [0.5, 0.6) is 0 Å². The van der Waals surface area contributed by atoms with E-state index in [2.05, 4.69) is 33.6 Å². The van der Waals surface area contributed by atoms with Gasteiger partial charge in [0.2, 0.25) is 17.7 Å². The maximum Gasteiger partial charge on any atom is 0.326 e. The maximum atomic E-state index is 12.7. The second-order valence-corrected chi connectivity index (χ2v) is 9.18. The molecule has 12 heteroatoms. The summed E-state index contributed by atoms with van der Waals surface area (Å²) in [6.07, 6.45) is 4.13. The van der Waals surface area contributed by atoms with E-state index < -0.39 is 47.9 Å². The third kappa shape index (κ3) is 7.67. The van der Waals surface area contributed by atoms with Crippen LogP contribution in [0.3, 0.4) is 0 Å². The topological polar surface area (TPSA) is 166 Å². The van der Waals surface area contributed by atoms with E-state index in [1.807, 2.05) is 30.5 Å². The summed E-state index contributed by atoms with van der Waals surface area (Å²) in [7, 11) is 0. The Balaban J connectivity index is 1.97. The van der Waals surface area contributed by atoms with Gasteiger partial charge in [0.1, 0.15) is 18.1 Å². The number of nitrogens with two attached hydrogens (primary N) is 1. The molecule has 7 N–H and O–H groups in total. The first-order valence-electron chi connectivity index (χ1n) is 10.7. The van der Waals surface area contributed by atoms with Crippen molar-refractivity contribution in [3.63, 3.8) is 0 Å². The zero-order valence-corrected chi connectivity index (χ0v) is 20.7. The number of carbonyl (C=O) groups is 4. The summed E-state index contributed by atoms with van der Waals surface area (Å²) in [5.74, 6) is -2.32. The molecule has 3 amide bonds. The number of carboxylic acids is 1. The summed E-state index contributed by atoms with van der Waals surface area (Å²) in [6.45, 7) is 1.47. The molecule has 0 aliphatic heterocycles. The molecule has 0 radical (unpaired) electrons. The summed E-state index contributed by atoms with van der Waals surface area (Å²) >= 11 is 5.67. The first-order chi connectivity index (χ1) is 16.2. The van der Waals surface area contributed by atoms with E-state index in [1.54, 1.807) is 18.0 Å². The number of carboxylic acid groups (broad SMARTS) is 1. The van der Waals surface area contributed by atoms with Gasteiger partial charge < -0.3 is 31.8 Å². The number of nitrogens with one attached hydrogen (secondary N) is 4. The minimum atomic E-state index is -1.21. The molecule has 4 atom stereocenters. The average Bonchev–Trinajstić information content (AvgIpc) is 3.22. The fourth-order valence-electron chi connectivity index (χ4n) is 3.25. The van der Waals surface area contributed by atoms with E-state index in [1.165, 1.54) is 6.92 Å². The number of carbonyl (C=O) groups excluding carboxylic acids is 3. The third-order valence-electron chi connectivity index (χ3n) is 5.25. The van der Waals surface area contributed by atoms with Crippen LogP contribution in [0.4, 0.5) is 0 Å². The Morgan fingerprint density at radius 3 is 2.41 bits per heavy atom. The predicted molar refractivity (Wildman–Crippen MR) is 136 cm³/mol. The molecule has 0 aliphatic rings. The zero-order chi connectivity index (χ0) is 25.3. The lowest BCUT2D eigenvalue weighted by molar-refractivity contribution is -0.142. The van der Waals surface area contributed by atoms with E-state index in [0.29, 0.717) is 12.2 Å². The van der Waals surface area contributed by atoms with Gasteiger partial charge in [-0.15, -0.1) is 0 Å². The Bertz CT molecular complexity index is 1010. The molecule has 186 valence electrons. The maximum absolute atomic E-state index is 12.7. The SMILES string of the molecule is CSCCC(N)C(=O)NC(C)C(=O)NC(CS)C(=O)NC(Cc1c[nH]c2ccccc12)C(=O)O. The lowest BCUT2D eigenvalue weighted by atomic mass is 10.0. The van der Waals surface area contributed by atoms with E-state index in [9.17, 15) is 24.3 Å². The van der Waals surface area contributed by atoms with E-state index in [0.717, 1.165) is 16.5 Å². The van der Waals surface area contributed by atoms with Gasteiger partial charge >= 0.3 is 5.97 Å². The number of aromatic nitrogens is 1. The van der Waals surface area contributed by atoms with E-state index in [4.69, 9.17) is 5.73 Å². The number of hydrogen-bond donors (Lipinski definition) is 7. The van der Waals surface area contributed by atoms with Gasteiger partial charge in [-0.1, -0.05) is 18.2 Å². The van der Waals surface area contributed by atoms with Gasteiger partial charge in [-0.25, -0.2) is 4.79 Å². The number of thioether (sulfide) groups is 1. The molecule has 0 fully saturated rings. The average molecular weight is 510 g/mol. The molecule has 2 rings (SSSR count). The van der Waals surface area contributed by atoms with Crippen molar-refractivity contribution in [3.8, 4) is 0 Å². The van der Waals surface area contributed by atoms with Crippen LogP contribution < -0.4 is 21.7 Å². The second-order valence-electron chi connectivity index (χ2n) is 7.83. The lowest BCUT2D eigenvalue weighted by Crippen LogP contribution is -2.57. The number of fused-ring (bicyclic) bond motifs is 1. The van der Waals surface area contributed by atoms with E-state index in [-0.39, 0.29) is 12.2 Å². The fraction of sp³-hybridized carbons (Fsp3) is 0.455. The van der Waals surface area contributed by atoms with Gasteiger partial charge in [0.15, 0.2) is 0 Å². The van der Waals surface area contributed by atoms with Crippen molar-refractivity contribution in [2.24, 2.45) is 5.73 Å². The molecule has 4 unspecified atom stereocenters. The van der Waals surface area contributed by atoms with Crippen molar-refractivity contribution >= 4 is 59.0 Å². The molecular weight excluding hydrogens is 478 g/mol. The van der Waals surface area contributed by atoms with Crippen LogP contribution in [0, 0.1) is 0 Å². The van der Waals surface area contributed by atoms with Crippen molar-refractivity contribution < 1.29 is 24.3 Å². The first kappa shape index (κ1) is 27.5. The van der Waals surface area contributed by atoms with Crippen molar-refractivity contribution in [3.05, 3.63) is 36.0 Å². The van der Waals surface area contributed by atoms with Crippen molar-refractivity contribution in [2.45, 2.75) is 43.9 Å². The molecule has 1 aromatic heterocycles. The first-order valence-corrected chi connectivity index (χ1v) is 12.7.